The quantitative estimate of drug-likeness (QED) is 0.437. The smallest absolute Gasteiger partial charge is 0 e. The molecule has 0 saturated carbocycles. The van der Waals surface area contributed by atoms with Crippen LogP contribution in [0.2, 0.25) is 0 Å². The maximum Gasteiger partial charge on any atom is 0 e. The van der Waals surface area contributed by atoms with Crippen LogP contribution in [-0.2, 0) is 36.5 Å². The zero-order chi connectivity index (χ0) is 0. The van der Waals surface area contributed by atoms with E-state index in [1.807, 2.05) is 0 Å². The SMILES string of the molecule is [Cu].[GeH4].[SnH2].[Zn]. The van der Waals surface area contributed by atoms with Crippen LogP contribution < -0.4 is 0 Å². The van der Waals surface area contributed by atoms with Crippen molar-refractivity contribution < 1.29 is 36.5 Å². The van der Waals surface area contributed by atoms with E-state index in [2.05, 4.69) is 0 Å². The summed E-state index contributed by atoms with van der Waals surface area (Å²) in [6.07, 6.45) is 0. The van der Waals surface area contributed by atoms with Gasteiger partial charge in [-0.1, -0.05) is 0 Å². The van der Waals surface area contributed by atoms with E-state index < -0.39 is 0 Å². The number of hydrogen-bond donors (Lipinski definition) is 0. The Bertz CT molecular complexity index is 8.00. The molecule has 0 aromatic heterocycles. The Balaban J connectivity index is 0. The van der Waals surface area contributed by atoms with E-state index in [1.165, 1.54) is 0 Å². The average molecular weight is 326 g/mol. The molecule has 0 bridgehead atoms. The van der Waals surface area contributed by atoms with Crippen molar-refractivity contribution in [2.75, 3.05) is 0 Å². The zero-order valence-corrected chi connectivity index (χ0v) is 9.66. The minimum absolute atomic E-state index is 0. The van der Waals surface area contributed by atoms with E-state index in [1.54, 1.807) is 0 Å². The first kappa shape index (κ1) is 31.6. The van der Waals surface area contributed by atoms with E-state index >= 15 is 0 Å². The Labute approximate surface area is 77.0 Å². The summed E-state index contributed by atoms with van der Waals surface area (Å²) in [5, 5.41) is 0. The molecule has 0 rings (SSSR count). The summed E-state index contributed by atoms with van der Waals surface area (Å²) in [4.78, 5) is 0. The van der Waals surface area contributed by atoms with Gasteiger partial charge in [0, 0.05) is 36.5 Å². The number of hydrogen-bond acceptors (Lipinski definition) is 0. The first-order chi connectivity index (χ1) is 0. The molecule has 0 aliphatic carbocycles. The first-order valence-electron chi connectivity index (χ1n) is 0. The summed E-state index contributed by atoms with van der Waals surface area (Å²) in [5.41, 5.74) is 0. The molecular weight excluding hydrogens is 320 g/mol. The molecule has 0 fully saturated rings. The normalized spacial score (nSPS) is 0. The van der Waals surface area contributed by atoms with Gasteiger partial charge in [0.25, 0.3) is 0 Å². The molecule has 0 aliphatic rings. The molecule has 4 heteroatoms. The average Bonchev–Trinajstić information content (AvgIpc) is 0. The molecule has 3 radical (unpaired) electrons. The van der Waals surface area contributed by atoms with Crippen LogP contribution in [0.15, 0.2) is 0 Å². The molecule has 0 spiro atoms. The fourth-order valence-corrected chi connectivity index (χ4v) is 0. The third kappa shape index (κ3) is 8.82. The van der Waals surface area contributed by atoms with Gasteiger partial charge in [-0.3, -0.25) is 0 Å². The molecule has 0 heterocycles. The molecule has 0 atom stereocenters. The van der Waals surface area contributed by atoms with Gasteiger partial charge < -0.3 is 0 Å². The van der Waals surface area contributed by atoms with Crippen molar-refractivity contribution in [3.05, 3.63) is 0 Å². The van der Waals surface area contributed by atoms with Gasteiger partial charge in [0.2, 0.25) is 0 Å². The molecule has 0 unspecified atom stereocenters. The molecule has 0 amide bonds. The van der Waals surface area contributed by atoms with Crippen molar-refractivity contribution in [1.29, 1.82) is 0 Å². The Kier molecular flexibility index (Phi) is 141. The van der Waals surface area contributed by atoms with Crippen molar-refractivity contribution in [1.82, 2.24) is 0 Å². The van der Waals surface area contributed by atoms with Crippen molar-refractivity contribution in [2.24, 2.45) is 0 Å². The Morgan fingerprint density at radius 3 is 1.00 bits per heavy atom. The van der Waals surface area contributed by atoms with Crippen LogP contribution >= 0.6 is 0 Å². The summed E-state index contributed by atoms with van der Waals surface area (Å²) in [6, 6.07) is 0. The fourth-order valence-electron chi connectivity index (χ4n) is 0. The van der Waals surface area contributed by atoms with Gasteiger partial charge in [-0.05, 0) is 0 Å². The molecule has 0 nitrogen and oxygen atoms in total. The topological polar surface area (TPSA) is 0 Å². The van der Waals surface area contributed by atoms with E-state index in [0.29, 0.717) is 0 Å². The van der Waals surface area contributed by atoms with Crippen molar-refractivity contribution in [3.8, 4) is 0 Å². The van der Waals surface area contributed by atoms with Crippen molar-refractivity contribution in [2.45, 2.75) is 0 Å². The predicted octanol–water partition coefficient (Wildman–Crippen LogP) is -2.37. The molecule has 0 aromatic carbocycles. The Morgan fingerprint density at radius 1 is 1.00 bits per heavy atom. The first-order valence-corrected chi connectivity index (χ1v) is 0. The van der Waals surface area contributed by atoms with Crippen LogP contribution in [0.3, 0.4) is 0 Å². The van der Waals surface area contributed by atoms with E-state index in [4.69, 9.17) is 0 Å². The Hall–Kier alpha value is 2.48. The van der Waals surface area contributed by atoms with Crippen LogP contribution in [0.25, 0.3) is 0 Å². The number of rotatable bonds is 0. The molecule has 0 N–H and O–H groups in total. The second kappa shape index (κ2) is 17.9. The predicted molar refractivity (Wildman–Crippen MR) is 19.9 cm³/mol. The summed E-state index contributed by atoms with van der Waals surface area (Å²) in [5.74, 6) is 0. The van der Waals surface area contributed by atoms with Gasteiger partial charge in [0.05, 0.1) is 0 Å². The van der Waals surface area contributed by atoms with Crippen LogP contribution in [0.5, 0.6) is 0 Å². The standard InChI is InChI=1S/Cu.GeH4.Sn.Zn.2H/h;1H4;;;;. The van der Waals surface area contributed by atoms with Crippen LogP contribution in [-0.4, -0.2) is 41.5 Å². The minimum atomic E-state index is 0. The van der Waals surface area contributed by atoms with Crippen molar-refractivity contribution in [3.63, 3.8) is 0 Å². The van der Waals surface area contributed by atoms with Crippen LogP contribution in [0.4, 0.5) is 0 Å². The monoisotopic (exact) mass is 327 g/mol. The fraction of sp³-hybridized carbons (Fsp3) is 0. The third-order valence-corrected chi connectivity index (χ3v) is 0. The second-order valence-corrected chi connectivity index (χ2v) is 0. The van der Waals surface area contributed by atoms with Gasteiger partial charge in [-0.15, -0.1) is 0 Å². The summed E-state index contributed by atoms with van der Waals surface area (Å²) < 4.78 is 0. The van der Waals surface area contributed by atoms with Crippen LogP contribution in [0, 0.1) is 0 Å². The molecule has 4 heavy (non-hydrogen) atoms. The summed E-state index contributed by atoms with van der Waals surface area (Å²) in [7, 11) is 0. The summed E-state index contributed by atoms with van der Waals surface area (Å²) in [6.45, 7) is 0. The third-order valence-electron chi connectivity index (χ3n) is 0. The van der Waals surface area contributed by atoms with Gasteiger partial charge in [0.15, 0.2) is 0 Å². The minimum Gasteiger partial charge on any atom is 0 e. The largest absolute Gasteiger partial charge is 0 e. The molecular formula is H6CuGeSnZn. The van der Waals surface area contributed by atoms with Gasteiger partial charge in [-0.2, -0.15) is 0 Å². The van der Waals surface area contributed by atoms with Crippen LogP contribution in [0.1, 0.15) is 0 Å². The second-order valence-electron chi connectivity index (χ2n) is 0. The molecule has 27 valence electrons. The maximum atomic E-state index is 0. The van der Waals surface area contributed by atoms with Gasteiger partial charge in [-0.25, -0.2) is 0 Å². The molecule has 0 aromatic rings. The Morgan fingerprint density at radius 2 is 1.00 bits per heavy atom. The van der Waals surface area contributed by atoms with E-state index in [9.17, 15) is 0 Å². The summed E-state index contributed by atoms with van der Waals surface area (Å²) >= 11 is 0. The van der Waals surface area contributed by atoms with Gasteiger partial charge in [0.1, 0.15) is 0 Å². The maximum absolute atomic E-state index is 0. The molecule has 0 aliphatic heterocycles. The molecule has 0 saturated heterocycles. The van der Waals surface area contributed by atoms with E-state index in [-0.39, 0.29) is 78.1 Å². The van der Waals surface area contributed by atoms with Crippen molar-refractivity contribution >= 4 is 41.5 Å². The van der Waals surface area contributed by atoms with E-state index in [0.717, 1.165) is 0 Å². The zero-order valence-electron chi connectivity index (χ0n) is 1.72. The van der Waals surface area contributed by atoms with Gasteiger partial charge >= 0.3 is 41.5 Å².